The molecule has 2 aromatic heterocycles. The van der Waals surface area contributed by atoms with Crippen molar-refractivity contribution >= 4 is 5.82 Å². The molecule has 1 aliphatic heterocycles. The molecule has 178 valence electrons. The molecule has 1 unspecified atom stereocenters. The van der Waals surface area contributed by atoms with E-state index in [0.29, 0.717) is 17.2 Å². The van der Waals surface area contributed by atoms with Crippen molar-refractivity contribution in [2.45, 2.75) is 39.0 Å². The molecule has 3 heterocycles. The third kappa shape index (κ3) is 5.87. The third-order valence-corrected chi connectivity index (χ3v) is 5.50. The molecule has 3 N–H and O–H groups in total. The molecule has 0 radical (unpaired) electrons. The smallest absolute Gasteiger partial charge is 0.166 e. The summed E-state index contributed by atoms with van der Waals surface area (Å²) >= 11 is 0. The van der Waals surface area contributed by atoms with E-state index < -0.39 is 12.2 Å². The molecule has 1 aliphatic rings. The number of nitrogen functional groups attached to an aromatic ring is 1. The van der Waals surface area contributed by atoms with Crippen molar-refractivity contribution in [2.24, 2.45) is 0 Å². The van der Waals surface area contributed by atoms with Gasteiger partial charge < -0.3 is 20.5 Å². The zero-order valence-electron chi connectivity index (χ0n) is 22.0. The molecule has 0 bridgehead atoms. The second-order valence-corrected chi connectivity index (χ2v) is 9.13. The van der Waals surface area contributed by atoms with Crippen molar-refractivity contribution < 1.29 is 12.6 Å². The lowest BCUT2D eigenvalue weighted by molar-refractivity contribution is 0.143. The van der Waals surface area contributed by atoms with Crippen molar-refractivity contribution in [3.05, 3.63) is 60.0 Å². The van der Waals surface area contributed by atoms with E-state index in [1.807, 2.05) is 11.0 Å². The van der Waals surface area contributed by atoms with Gasteiger partial charge in [-0.15, -0.1) is 0 Å². The predicted octanol–water partition coefficient (Wildman–Crippen LogP) is 2.50. The molecule has 4 rings (SSSR count). The summed E-state index contributed by atoms with van der Waals surface area (Å²) in [6.07, 6.45) is 5.30. The Morgan fingerprint density at radius 2 is 2.09 bits per heavy atom. The Balaban J connectivity index is 1.56. The summed E-state index contributed by atoms with van der Waals surface area (Å²) in [6.45, 7) is 5.93. The number of aromatic nitrogens is 3. The highest BCUT2D eigenvalue weighted by atomic mass is 16.5. The van der Waals surface area contributed by atoms with Crippen LogP contribution < -0.4 is 15.5 Å². The van der Waals surface area contributed by atoms with Crippen molar-refractivity contribution in [3.8, 4) is 28.7 Å². The molecule has 0 aliphatic carbocycles. The Kier molecular flexibility index (Phi) is 6.03. The van der Waals surface area contributed by atoms with Crippen LogP contribution in [0.25, 0.3) is 11.1 Å². The van der Waals surface area contributed by atoms with Gasteiger partial charge in [-0.2, -0.15) is 9.89 Å². The van der Waals surface area contributed by atoms with E-state index in [9.17, 15) is 5.11 Å². The molecule has 1 saturated heterocycles. The highest BCUT2D eigenvalue weighted by Crippen LogP contribution is 2.28. The second-order valence-electron chi connectivity index (χ2n) is 9.13. The van der Waals surface area contributed by atoms with Gasteiger partial charge in [-0.05, 0) is 51.6 Å². The third-order valence-electron chi connectivity index (χ3n) is 5.50. The quantitative estimate of drug-likeness (QED) is 0.563. The van der Waals surface area contributed by atoms with Gasteiger partial charge in [0.15, 0.2) is 11.6 Å². The Morgan fingerprint density at radius 1 is 1.26 bits per heavy atom. The average molecular weight is 463 g/mol. The monoisotopic (exact) mass is 462 g/mol. The molecule has 34 heavy (non-hydrogen) atoms. The summed E-state index contributed by atoms with van der Waals surface area (Å²) in [5.74, 6) is 5.81. The van der Waals surface area contributed by atoms with Crippen LogP contribution in [0.15, 0.2) is 48.9 Å². The van der Waals surface area contributed by atoms with Crippen molar-refractivity contribution in [1.29, 1.82) is 0 Å². The molecular weight excluding hydrogens is 428 g/mol. The first-order valence-electron chi connectivity index (χ1n) is 12.2. The molecule has 0 spiro atoms. The zero-order chi connectivity index (χ0) is 26.1. The molecule has 1 atom stereocenters. The number of pyridine rings is 1. The van der Waals surface area contributed by atoms with E-state index in [1.165, 1.54) is 0 Å². The van der Waals surface area contributed by atoms with Crippen LogP contribution in [0.4, 0.5) is 5.82 Å². The molecule has 0 amide bonds. The van der Waals surface area contributed by atoms with Gasteiger partial charge in [0, 0.05) is 42.5 Å². The number of hydrogen-bond donors (Lipinski definition) is 2. The standard InChI is InChI=1S/C26H32N6O2/c1-19-16-30(4)10-11-31(19)32-17-23(15-29-32)22-13-24(25(27)28-14-22)34-18-21-7-5-6-20(12-21)8-9-26(2,3)33/h5-7,12-15,17,19,33H,10-11,16,18H2,1-4H3,(H2,27,28)/i18D2. The number of ether oxygens (including phenoxy) is 1. The lowest BCUT2D eigenvalue weighted by atomic mass is 10.1. The number of benzene rings is 1. The van der Waals surface area contributed by atoms with E-state index in [4.69, 9.17) is 13.2 Å². The number of aliphatic hydroxyl groups is 1. The van der Waals surface area contributed by atoms with Crippen LogP contribution in [-0.2, 0) is 6.56 Å². The molecule has 3 aromatic rings. The topological polar surface area (TPSA) is 92.7 Å². The Labute approximate surface area is 203 Å². The van der Waals surface area contributed by atoms with Crippen LogP contribution in [0.3, 0.4) is 0 Å². The first-order valence-corrected chi connectivity index (χ1v) is 11.2. The van der Waals surface area contributed by atoms with E-state index in [1.54, 1.807) is 56.6 Å². The summed E-state index contributed by atoms with van der Waals surface area (Å²) in [5, 5.41) is 16.6. The summed E-state index contributed by atoms with van der Waals surface area (Å²) in [5.41, 5.74) is 7.26. The number of likely N-dealkylation sites (N-methyl/N-ethyl adjacent to an activating group) is 1. The van der Waals surface area contributed by atoms with Gasteiger partial charge in [-0.25, -0.2) is 4.98 Å². The molecular formula is C26H32N6O2. The Hall–Kier alpha value is -3.54. The summed E-state index contributed by atoms with van der Waals surface area (Å²) in [6, 6.07) is 8.63. The average Bonchev–Trinajstić information content (AvgIpc) is 3.29. The van der Waals surface area contributed by atoms with Gasteiger partial charge in [0.1, 0.15) is 12.2 Å². The van der Waals surface area contributed by atoms with E-state index in [-0.39, 0.29) is 17.1 Å². The van der Waals surface area contributed by atoms with Crippen LogP contribution in [0.5, 0.6) is 5.75 Å². The number of nitrogens with two attached hydrogens (primary N) is 1. The summed E-state index contributed by atoms with van der Waals surface area (Å²) in [4.78, 5) is 8.38. The minimum absolute atomic E-state index is 0.0840. The van der Waals surface area contributed by atoms with E-state index in [0.717, 1.165) is 25.2 Å². The fourth-order valence-electron chi connectivity index (χ4n) is 3.73. The lowest BCUT2D eigenvalue weighted by Gasteiger charge is -2.39. The van der Waals surface area contributed by atoms with E-state index in [2.05, 4.69) is 45.8 Å². The number of rotatable bonds is 5. The second kappa shape index (κ2) is 9.75. The molecule has 0 saturated carbocycles. The number of hydrogen-bond acceptors (Lipinski definition) is 7. The largest absolute Gasteiger partial charge is 0.485 e. The summed E-state index contributed by atoms with van der Waals surface area (Å²) in [7, 11) is 2.11. The lowest BCUT2D eigenvalue weighted by Crippen LogP contribution is -2.55. The van der Waals surface area contributed by atoms with Gasteiger partial charge in [0.25, 0.3) is 0 Å². The van der Waals surface area contributed by atoms with Crippen LogP contribution in [0.2, 0.25) is 0 Å². The predicted molar refractivity (Wildman–Crippen MR) is 134 cm³/mol. The number of piperazine rings is 1. The van der Waals surface area contributed by atoms with Crippen LogP contribution in [-0.4, -0.2) is 63.2 Å². The van der Waals surface area contributed by atoms with Crippen LogP contribution >= 0.6 is 0 Å². The summed E-state index contributed by atoms with van der Waals surface area (Å²) < 4.78 is 22.8. The highest BCUT2D eigenvalue weighted by molar-refractivity contribution is 5.65. The van der Waals surface area contributed by atoms with Gasteiger partial charge in [0.05, 0.1) is 21.2 Å². The van der Waals surface area contributed by atoms with Crippen molar-refractivity contribution in [1.82, 2.24) is 19.8 Å². The SMILES string of the molecule is [2H]C([2H])(Oc1cc(-c2cnn(N3CCN(C)CC3C)c2)cnc1N)c1cccc(C#CC(C)(C)O)c1. The Bertz CT molecular complexity index is 1290. The fraction of sp³-hybridized carbons (Fsp3) is 0.385. The van der Waals surface area contributed by atoms with E-state index >= 15 is 0 Å². The fourth-order valence-corrected chi connectivity index (χ4v) is 3.73. The van der Waals surface area contributed by atoms with Crippen molar-refractivity contribution in [2.75, 3.05) is 37.4 Å². The first-order chi connectivity index (χ1) is 16.9. The van der Waals surface area contributed by atoms with Gasteiger partial charge >= 0.3 is 0 Å². The maximum absolute atomic E-state index is 9.85. The van der Waals surface area contributed by atoms with Gasteiger partial charge in [-0.1, -0.05) is 24.0 Å². The zero-order valence-corrected chi connectivity index (χ0v) is 20.0. The first kappa shape index (κ1) is 21.0. The van der Waals surface area contributed by atoms with Crippen molar-refractivity contribution in [3.63, 3.8) is 0 Å². The Morgan fingerprint density at radius 3 is 2.85 bits per heavy atom. The molecule has 8 heteroatoms. The molecule has 8 nitrogen and oxygen atoms in total. The number of anilines is 1. The highest BCUT2D eigenvalue weighted by Gasteiger charge is 2.22. The number of nitrogens with zero attached hydrogens (tertiary/aromatic N) is 5. The minimum Gasteiger partial charge on any atom is -0.485 e. The van der Waals surface area contributed by atoms with Crippen LogP contribution in [0.1, 0.15) is 34.6 Å². The maximum atomic E-state index is 9.85. The molecule has 1 fully saturated rings. The maximum Gasteiger partial charge on any atom is 0.166 e. The van der Waals surface area contributed by atoms with Gasteiger partial charge in [-0.3, -0.25) is 5.01 Å². The minimum atomic E-state index is -2.19. The van der Waals surface area contributed by atoms with Crippen LogP contribution in [0, 0.1) is 11.8 Å². The normalized spacial score (nSPS) is 18.0. The molecule has 1 aromatic carbocycles. The van der Waals surface area contributed by atoms with Gasteiger partial charge in [0.2, 0.25) is 0 Å².